The summed E-state index contributed by atoms with van der Waals surface area (Å²) in [5, 5.41) is 3.18. The molecular weight excluding hydrogens is 164 g/mol. The smallest absolute Gasteiger partial charge is 0.224 e. The average Bonchev–Trinajstić information content (AvgIpc) is 1.97. The van der Waals surface area contributed by atoms with Crippen LogP contribution in [0, 0.1) is 5.41 Å². The Kier molecular flexibility index (Phi) is 4.70. The van der Waals surface area contributed by atoms with E-state index in [0.717, 1.165) is 18.5 Å². The fourth-order valence-electron chi connectivity index (χ4n) is 0.790. The van der Waals surface area contributed by atoms with Crippen molar-refractivity contribution in [3.63, 3.8) is 0 Å². The molecule has 0 heterocycles. The zero-order valence-electron chi connectivity index (χ0n) is 8.81. The molecule has 0 bridgehead atoms. The van der Waals surface area contributed by atoms with Crippen LogP contribution in [0.5, 0.6) is 0 Å². The minimum atomic E-state index is -0.463. The van der Waals surface area contributed by atoms with Crippen LogP contribution in [-0.4, -0.2) is 19.0 Å². The molecule has 0 aliphatic carbocycles. The lowest BCUT2D eigenvalue weighted by Crippen LogP contribution is -2.40. The van der Waals surface area contributed by atoms with Crippen molar-refractivity contribution < 1.29 is 4.79 Å². The molecule has 0 saturated heterocycles. The summed E-state index contributed by atoms with van der Waals surface area (Å²) in [6.45, 7) is 10.9. The minimum absolute atomic E-state index is 0.268. The Balaban J connectivity index is 3.64. The topological polar surface area (TPSA) is 55.1 Å². The van der Waals surface area contributed by atoms with Crippen LogP contribution >= 0.6 is 0 Å². The number of amides is 1. The number of hydrogen-bond donors (Lipinski definition) is 2. The molecule has 0 saturated carbocycles. The molecule has 0 aliphatic rings. The number of nitrogens with one attached hydrogen (secondary N) is 1. The van der Waals surface area contributed by atoms with Crippen molar-refractivity contribution in [2.24, 2.45) is 11.1 Å². The first kappa shape index (κ1) is 12.2. The Labute approximate surface area is 80.4 Å². The molecule has 3 nitrogen and oxygen atoms in total. The monoisotopic (exact) mass is 184 g/mol. The van der Waals surface area contributed by atoms with Crippen LogP contribution in [0.4, 0.5) is 0 Å². The Hall–Kier alpha value is -0.830. The highest BCUT2D eigenvalue weighted by atomic mass is 16.1. The van der Waals surface area contributed by atoms with E-state index in [1.54, 1.807) is 0 Å². The molecule has 0 aromatic heterocycles. The van der Waals surface area contributed by atoms with Gasteiger partial charge in [0, 0.05) is 6.54 Å². The van der Waals surface area contributed by atoms with Crippen molar-refractivity contribution in [3.8, 4) is 0 Å². The summed E-state index contributed by atoms with van der Waals surface area (Å²) in [6.07, 6.45) is 0.939. The van der Waals surface area contributed by atoms with Crippen LogP contribution < -0.4 is 11.1 Å². The molecular formula is C10H20N2O. The van der Waals surface area contributed by atoms with Gasteiger partial charge in [-0.05, 0) is 33.7 Å². The van der Waals surface area contributed by atoms with Crippen molar-refractivity contribution in [2.45, 2.75) is 27.2 Å². The first-order valence-electron chi connectivity index (χ1n) is 4.51. The third-order valence-electron chi connectivity index (χ3n) is 1.96. The molecule has 0 rings (SSSR count). The highest BCUT2D eigenvalue weighted by molar-refractivity contribution is 5.80. The number of primary amides is 1. The van der Waals surface area contributed by atoms with E-state index in [1.807, 2.05) is 20.8 Å². The second-order valence-electron chi connectivity index (χ2n) is 4.13. The lowest BCUT2D eigenvalue weighted by Gasteiger charge is -2.20. The molecule has 0 spiro atoms. The highest BCUT2D eigenvalue weighted by Gasteiger charge is 2.23. The third-order valence-corrected chi connectivity index (χ3v) is 1.96. The normalized spacial score (nSPS) is 11.3. The summed E-state index contributed by atoms with van der Waals surface area (Å²) in [7, 11) is 0. The first-order valence-corrected chi connectivity index (χ1v) is 4.51. The Morgan fingerprint density at radius 1 is 1.54 bits per heavy atom. The van der Waals surface area contributed by atoms with Gasteiger partial charge in [0.25, 0.3) is 0 Å². The molecule has 0 radical (unpaired) electrons. The van der Waals surface area contributed by atoms with Crippen molar-refractivity contribution in [1.82, 2.24) is 5.32 Å². The maximum absolute atomic E-state index is 10.9. The van der Waals surface area contributed by atoms with Gasteiger partial charge < -0.3 is 11.1 Å². The number of carbonyl (C=O) groups is 1. The van der Waals surface area contributed by atoms with E-state index in [0.29, 0.717) is 6.54 Å². The maximum atomic E-state index is 10.9. The zero-order chi connectivity index (χ0) is 10.5. The van der Waals surface area contributed by atoms with Gasteiger partial charge in [-0.3, -0.25) is 4.79 Å². The average molecular weight is 184 g/mol. The molecule has 0 aromatic carbocycles. The van der Waals surface area contributed by atoms with Crippen LogP contribution in [0.3, 0.4) is 0 Å². The second kappa shape index (κ2) is 5.02. The molecule has 0 aliphatic heterocycles. The highest BCUT2D eigenvalue weighted by Crippen LogP contribution is 2.11. The number of carbonyl (C=O) groups excluding carboxylic acids is 1. The van der Waals surface area contributed by atoms with Crippen LogP contribution in [0.1, 0.15) is 27.2 Å². The number of nitrogens with two attached hydrogens (primary N) is 1. The molecule has 13 heavy (non-hydrogen) atoms. The van der Waals surface area contributed by atoms with E-state index in [1.165, 1.54) is 0 Å². The summed E-state index contributed by atoms with van der Waals surface area (Å²) in [5.74, 6) is -0.268. The van der Waals surface area contributed by atoms with Gasteiger partial charge in [0.15, 0.2) is 0 Å². The number of hydrogen-bond acceptors (Lipinski definition) is 2. The van der Waals surface area contributed by atoms with Gasteiger partial charge in [0.2, 0.25) is 5.91 Å². The van der Waals surface area contributed by atoms with Crippen LogP contribution in [-0.2, 0) is 4.79 Å². The summed E-state index contributed by atoms with van der Waals surface area (Å²) < 4.78 is 0. The summed E-state index contributed by atoms with van der Waals surface area (Å²) >= 11 is 0. The Morgan fingerprint density at radius 2 is 2.08 bits per heavy atom. The second-order valence-corrected chi connectivity index (χ2v) is 4.13. The van der Waals surface area contributed by atoms with E-state index >= 15 is 0 Å². The largest absolute Gasteiger partial charge is 0.369 e. The van der Waals surface area contributed by atoms with Gasteiger partial charge in [-0.2, -0.15) is 0 Å². The van der Waals surface area contributed by atoms with Crippen LogP contribution in [0.25, 0.3) is 0 Å². The van der Waals surface area contributed by atoms with Gasteiger partial charge in [0.05, 0.1) is 5.41 Å². The lowest BCUT2D eigenvalue weighted by molar-refractivity contribution is -0.125. The molecule has 1 amide bonds. The fourth-order valence-corrected chi connectivity index (χ4v) is 0.790. The van der Waals surface area contributed by atoms with Gasteiger partial charge >= 0.3 is 0 Å². The predicted octanol–water partition coefficient (Wildman–Crippen LogP) is 1.05. The van der Waals surface area contributed by atoms with E-state index in [2.05, 4.69) is 11.9 Å². The van der Waals surface area contributed by atoms with Crippen molar-refractivity contribution in [2.75, 3.05) is 13.1 Å². The van der Waals surface area contributed by atoms with Gasteiger partial charge in [-0.25, -0.2) is 0 Å². The predicted molar refractivity (Wildman–Crippen MR) is 55.3 cm³/mol. The van der Waals surface area contributed by atoms with E-state index in [9.17, 15) is 4.79 Å². The molecule has 0 aromatic rings. The summed E-state index contributed by atoms with van der Waals surface area (Å²) in [4.78, 5) is 10.9. The first-order chi connectivity index (χ1) is 5.86. The van der Waals surface area contributed by atoms with Gasteiger partial charge in [-0.1, -0.05) is 5.57 Å². The molecule has 0 unspecified atom stereocenters. The Morgan fingerprint density at radius 3 is 2.46 bits per heavy atom. The minimum Gasteiger partial charge on any atom is -0.369 e. The molecule has 0 fully saturated rings. The molecule has 3 N–H and O–H groups in total. The van der Waals surface area contributed by atoms with Crippen LogP contribution in [0.2, 0.25) is 0 Å². The van der Waals surface area contributed by atoms with Gasteiger partial charge in [0.1, 0.15) is 0 Å². The van der Waals surface area contributed by atoms with Crippen molar-refractivity contribution in [3.05, 3.63) is 12.2 Å². The third kappa shape index (κ3) is 5.42. The SMILES string of the molecule is C=C(C)CCNCC(C)(C)C(N)=O. The molecule has 3 heteroatoms. The fraction of sp³-hybridized carbons (Fsp3) is 0.700. The van der Waals surface area contributed by atoms with E-state index < -0.39 is 5.41 Å². The van der Waals surface area contributed by atoms with Crippen molar-refractivity contribution in [1.29, 1.82) is 0 Å². The molecule has 0 atom stereocenters. The van der Waals surface area contributed by atoms with E-state index in [-0.39, 0.29) is 5.91 Å². The van der Waals surface area contributed by atoms with E-state index in [4.69, 9.17) is 5.73 Å². The van der Waals surface area contributed by atoms with Gasteiger partial charge in [-0.15, -0.1) is 6.58 Å². The standard InChI is InChI=1S/C10H20N2O/c1-8(2)5-6-12-7-10(3,4)9(11)13/h12H,1,5-7H2,2-4H3,(H2,11,13). The molecule has 76 valence electrons. The maximum Gasteiger partial charge on any atom is 0.224 e. The summed E-state index contributed by atoms with van der Waals surface area (Å²) in [6, 6.07) is 0. The quantitative estimate of drug-likeness (QED) is 0.479. The Bertz CT molecular complexity index is 197. The summed E-state index contributed by atoms with van der Waals surface area (Å²) in [5.41, 5.74) is 5.90. The lowest BCUT2D eigenvalue weighted by atomic mass is 9.93. The number of rotatable bonds is 6. The zero-order valence-corrected chi connectivity index (χ0v) is 8.81. The van der Waals surface area contributed by atoms with Crippen molar-refractivity contribution >= 4 is 5.91 Å². The van der Waals surface area contributed by atoms with Crippen LogP contribution in [0.15, 0.2) is 12.2 Å².